The van der Waals surface area contributed by atoms with Crippen molar-refractivity contribution in [3.63, 3.8) is 0 Å². The molecule has 5 aromatic carbocycles. The molecule has 28 heteroatoms. The number of ether oxygens (including phenoxy) is 1. The summed E-state index contributed by atoms with van der Waals surface area (Å²) in [5.41, 5.74) is -28.9. The van der Waals surface area contributed by atoms with Gasteiger partial charge in [0, 0.05) is 5.56 Å². The largest absolute Gasteiger partial charge is 0.490 e. The first kappa shape index (κ1) is 59.6. The molecule has 1 saturated carbocycles. The van der Waals surface area contributed by atoms with E-state index in [0.29, 0.717) is 6.10 Å². The molecule has 1 aliphatic carbocycles. The summed E-state index contributed by atoms with van der Waals surface area (Å²) >= 11 is 0. The minimum atomic E-state index is -6.13. The summed E-state index contributed by atoms with van der Waals surface area (Å²) in [6.45, 7) is 0.867. The molecule has 0 radical (unpaired) electrons. The number of nitrogens with zero attached hydrogens (tertiary/aromatic N) is 2. The first-order valence-electron chi connectivity index (χ1n) is 22.1. The minimum absolute atomic E-state index is 0.421. The van der Waals surface area contributed by atoms with Crippen LogP contribution in [0.25, 0.3) is 0 Å². The molecule has 0 atom stereocenters. The number of hydrogen-bond acceptors (Lipinski definition) is 2. The lowest BCUT2D eigenvalue weighted by atomic mass is 9.12. The standard InChI is InChI=1S/C32H12BF24.C17H21N2O/c34-25(35,36)13-1-14(26(37,38)39)6-21(5-13)33(22-7-15(27(40,41)42)2-16(8-22)28(43,44)45,23-9-17(29(46,47)48)3-18(10-23)30(49,50)51)24-11-19(31(52,53)54)4-20(12-24)32(55,56)57;1-2-4-16(5-3-1)20-17-8-6-15(7-9-17)14-19-12-10-18-11-13-19/h1-12H;6-13,16H,1-5,14H2/q-1;+1. The van der Waals surface area contributed by atoms with Crippen molar-refractivity contribution in [1.29, 1.82) is 0 Å². The molecule has 0 amide bonds. The molecule has 3 nitrogen and oxygen atoms in total. The number of hydrogen-bond donors (Lipinski definition) is 0. The summed E-state index contributed by atoms with van der Waals surface area (Å²) in [4.78, 5) is 4.03. The van der Waals surface area contributed by atoms with Gasteiger partial charge in [-0.15, -0.1) is 0 Å². The molecule has 0 N–H and O–H groups in total. The Balaban J connectivity index is 0.000000397. The topological polar surface area (TPSA) is 26.0 Å². The lowest BCUT2D eigenvalue weighted by Crippen LogP contribution is -2.75. The molecule has 1 aromatic heterocycles. The smallest absolute Gasteiger partial charge is 0.416 e. The summed E-state index contributed by atoms with van der Waals surface area (Å²) in [5.74, 6) is 1.00. The average Bonchev–Trinajstić information content (AvgIpc) is 3.31. The third-order valence-electron chi connectivity index (χ3n) is 12.3. The van der Waals surface area contributed by atoms with Gasteiger partial charge in [-0.3, -0.25) is 4.98 Å². The van der Waals surface area contributed by atoms with Crippen molar-refractivity contribution in [2.45, 2.75) is 94.2 Å². The predicted octanol–water partition coefficient (Wildman–Crippen LogP) is 14.3. The van der Waals surface area contributed by atoms with E-state index in [0.717, 1.165) is 12.3 Å². The third kappa shape index (κ3) is 14.5. The van der Waals surface area contributed by atoms with Gasteiger partial charge in [-0.05, 0) is 74.2 Å². The number of benzene rings is 5. The van der Waals surface area contributed by atoms with Crippen LogP contribution in [0.4, 0.5) is 105 Å². The van der Waals surface area contributed by atoms with Crippen LogP contribution in [0, 0.1) is 0 Å². The zero-order valence-corrected chi connectivity index (χ0v) is 38.3. The molecule has 416 valence electrons. The van der Waals surface area contributed by atoms with Crippen molar-refractivity contribution >= 4 is 28.0 Å². The second kappa shape index (κ2) is 21.3. The number of alkyl halides is 24. The zero-order chi connectivity index (χ0) is 57.5. The Labute approximate surface area is 419 Å². The predicted molar refractivity (Wildman–Crippen MR) is 228 cm³/mol. The van der Waals surface area contributed by atoms with E-state index in [4.69, 9.17) is 4.74 Å². The number of rotatable bonds is 8. The van der Waals surface area contributed by atoms with Crippen LogP contribution in [0.5, 0.6) is 5.75 Å². The molecule has 0 saturated heterocycles. The molecule has 77 heavy (non-hydrogen) atoms. The van der Waals surface area contributed by atoms with Crippen molar-refractivity contribution < 1.29 is 115 Å². The summed E-state index contributed by atoms with van der Waals surface area (Å²) in [6, 6.07) is -0.343. The molecule has 1 aliphatic rings. The minimum Gasteiger partial charge on any atom is -0.490 e. The van der Waals surface area contributed by atoms with Crippen LogP contribution in [0.15, 0.2) is 122 Å². The van der Waals surface area contributed by atoms with Crippen molar-refractivity contribution in [3.05, 3.63) is 172 Å². The van der Waals surface area contributed by atoms with Crippen LogP contribution in [-0.2, 0) is 56.0 Å². The molecule has 0 unspecified atom stereocenters. The second-order valence-corrected chi connectivity index (χ2v) is 17.7. The summed E-state index contributed by atoms with van der Waals surface area (Å²) < 4.78 is 349. The van der Waals surface area contributed by atoms with Crippen molar-refractivity contribution in [2.75, 3.05) is 0 Å². The molecular weight excluding hydrogens is 1100 g/mol. The Morgan fingerprint density at radius 1 is 0.377 bits per heavy atom. The second-order valence-electron chi connectivity index (χ2n) is 17.7. The van der Waals surface area contributed by atoms with Gasteiger partial charge in [0.2, 0.25) is 0 Å². The van der Waals surface area contributed by atoms with Crippen LogP contribution in [0.2, 0.25) is 0 Å². The molecule has 0 aliphatic heterocycles. The van der Waals surface area contributed by atoms with Gasteiger partial charge in [-0.1, -0.05) is 55.0 Å². The van der Waals surface area contributed by atoms with Gasteiger partial charge in [-0.2, -0.15) is 132 Å². The van der Waals surface area contributed by atoms with E-state index in [9.17, 15) is 105 Å². The van der Waals surface area contributed by atoms with Gasteiger partial charge in [-0.25, -0.2) is 0 Å². The van der Waals surface area contributed by atoms with Crippen LogP contribution < -0.4 is 31.2 Å². The zero-order valence-electron chi connectivity index (χ0n) is 38.3. The van der Waals surface area contributed by atoms with E-state index in [1.165, 1.54) is 37.7 Å². The van der Waals surface area contributed by atoms with Crippen LogP contribution in [0.3, 0.4) is 0 Å². The molecule has 0 spiro atoms. The normalized spacial score (nSPS) is 14.8. The maximum Gasteiger partial charge on any atom is 0.416 e. The van der Waals surface area contributed by atoms with Crippen molar-refractivity contribution in [2.24, 2.45) is 0 Å². The number of aromatic nitrogens is 2. The van der Waals surface area contributed by atoms with E-state index in [1.54, 1.807) is 12.4 Å². The Morgan fingerprint density at radius 2 is 0.636 bits per heavy atom. The monoisotopic (exact) mass is 1130 g/mol. The molecule has 0 bridgehead atoms. The first-order chi connectivity index (χ1) is 35.2. The molecule has 6 aromatic rings. The van der Waals surface area contributed by atoms with Crippen LogP contribution in [0.1, 0.15) is 82.2 Å². The van der Waals surface area contributed by atoms with Gasteiger partial charge < -0.3 is 4.74 Å². The fraction of sp³-hybridized carbons (Fsp3) is 0.306. The van der Waals surface area contributed by atoms with E-state index in [2.05, 4.69) is 33.8 Å². The SMILES string of the molecule is FC(F)(F)c1cc([B-](c2cc(C(F)(F)F)cc(C(F)(F)F)c2)(c2cc(C(F)(F)F)cc(C(F)(F)F)c2)c2cc(C(F)(F)F)cc(C(F)(F)F)c2)cc(C(F)(F)F)c1.c1c[n+](Cc2ccc(OC3CCCCC3)cc2)ccn1. The molecule has 7 rings (SSSR count). The van der Waals surface area contributed by atoms with E-state index in [-0.39, 0.29) is 0 Å². The Bertz CT molecular complexity index is 2560. The maximum absolute atomic E-state index is 14.2. The molecular formula is C49H33BF24N2O. The fourth-order valence-electron chi connectivity index (χ4n) is 8.78. The van der Waals surface area contributed by atoms with E-state index < -0.39 is 195 Å². The third-order valence-corrected chi connectivity index (χ3v) is 12.3. The van der Waals surface area contributed by atoms with Gasteiger partial charge in [0.1, 0.15) is 11.9 Å². The Morgan fingerprint density at radius 3 is 0.883 bits per heavy atom. The summed E-state index contributed by atoms with van der Waals surface area (Å²) in [5, 5.41) is 0. The van der Waals surface area contributed by atoms with E-state index >= 15 is 0 Å². The lowest BCUT2D eigenvalue weighted by molar-refractivity contribution is -0.688. The highest BCUT2D eigenvalue weighted by Gasteiger charge is 2.47. The van der Waals surface area contributed by atoms with Gasteiger partial charge in [0.05, 0.1) is 63.0 Å². The highest BCUT2D eigenvalue weighted by Crippen LogP contribution is 2.41. The summed E-state index contributed by atoms with van der Waals surface area (Å²) in [7, 11) is 0. The Hall–Kier alpha value is -6.64. The van der Waals surface area contributed by atoms with Gasteiger partial charge in [0.25, 0.3) is 0 Å². The van der Waals surface area contributed by atoms with E-state index in [1.807, 2.05) is 12.4 Å². The fourth-order valence-corrected chi connectivity index (χ4v) is 8.78. The molecule has 1 heterocycles. The van der Waals surface area contributed by atoms with Gasteiger partial charge >= 0.3 is 49.4 Å². The van der Waals surface area contributed by atoms with Crippen molar-refractivity contribution in [1.82, 2.24) is 4.98 Å². The Kier molecular flexibility index (Phi) is 16.5. The average molecular weight is 1130 g/mol. The van der Waals surface area contributed by atoms with Gasteiger partial charge in [0.15, 0.2) is 18.9 Å². The number of halogens is 24. The molecule has 1 fully saturated rings. The van der Waals surface area contributed by atoms with Crippen LogP contribution in [-0.4, -0.2) is 17.2 Å². The lowest BCUT2D eigenvalue weighted by Gasteiger charge is -2.46. The van der Waals surface area contributed by atoms with Crippen molar-refractivity contribution in [3.8, 4) is 5.75 Å². The maximum atomic E-state index is 14.2. The summed E-state index contributed by atoms with van der Waals surface area (Å²) in [6.07, 6.45) is -40.4. The highest BCUT2D eigenvalue weighted by molar-refractivity contribution is 7.20. The quantitative estimate of drug-likeness (QED) is 0.0862. The highest BCUT2D eigenvalue weighted by atomic mass is 19.4. The first-order valence-corrected chi connectivity index (χ1v) is 22.1. The van der Waals surface area contributed by atoms with Crippen LogP contribution >= 0.6 is 0 Å².